The van der Waals surface area contributed by atoms with Gasteiger partial charge in [-0.2, -0.15) is 0 Å². The number of carbonyl (C=O) groups is 1. The van der Waals surface area contributed by atoms with Gasteiger partial charge in [0.05, 0.1) is 0 Å². The Balaban J connectivity index is 2.51. The zero-order valence-corrected chi connectivity index (χ0v) is 11.2. The molecule has 0 saturated carbocycles. The fourth-order valence-corrected chi connectivity index (χ4v) is 2.81. The molecule has 16 heavy (non-hydrogen) atoms. The van der Waals surface area contributed by atoms with E-state index in [1.165, 1.54) is 32.1 Å². The summed E-state index contributed by atoms with van der Waals surface area (Å²) >= 11 is 0. The summed E-state index contributed by atoms with van der Waals surface area (Å²) in [6, 6.07) is 1.18. The number of nitrogens with zero attached hydrogens (tertiary/aromatic N) is 1. The molecule has 1 aliphatic rings. The molecule has 0 amide bonds. The Hall–Kier alpha value is -0.370. The van der Waals surface area contributed by atoms with Crippen LogP contribution in [0.5, 0.6) is 0 Å². The zero-order chi connectivity index (χ0) is 12.0. The van der Waals surface area contributed by atoms with Crippen LogP contribution in [0.3, 0.4) is 0 Å². The molecule has 0 radical (unpaired) electrons. The number of likely N-dealkylation sites (tertiary alicyclic amines) is 1. The van der Waals surface area contributed by atoms with E-state index in [4.69, 9.17) is 0 Å². The minimum Gasteiger partial charge on any atom is -0.300 e. The van der Waals surface area contributed by atoms with Gasteiger partial charge in [-0.3, -0.25) is 9.69 Å². The number of ketones is 1. The van der Waals surface area contributed by atoms with Crippen LogP contribution in [-0.4, -0.2) is 29.3 Å². The van der Waals surface area contributed by atoms with Crippen LogP contribution in [0.15, 0.2) is 0 Å². The van der Waals surface area contributed by atoms with Gasteiger partial charge in [0.25, 0.3) is 0 Å². The fourth-order valence-electron chi connectivity index (χ4n) is 2.81. The van der Waals surface area contributed by atoms with E-state index in [2.05, 4.69) is 25.7 Å². The number of unbranched alkanes of at least 4 members (excludes halogenated alkanes) is 1. The summed E-state index contributed by atoms with van der Waals surface area (Å²) < 4.78 is 0. The Labute approximate surface area is 100 Å². The molecule has 0 N–H and O–H groups in total. The van der Waals surface area contributed by atoms with Gasteiger partial charge in [-0.25, -0.2) is 0 Å². The van der Waals surface area contributed by atoms with Crippen molar-refractivity contribution in [2.24, 2.45) is 0 Å². The van der Waals surface area contributed by atoms with Crippen LogP contribution >= 0.6 is 0 Å². The van der Waals surface area contributed by atoms with Gasteiger partial charge in [-0.05, 0) is 19.8 Å². The zero-order valence-electron chi connectivity index (χ0n) is 11.2. The van der Waals surface area contributed by atoms with Gasteiger partial charge in [0.1, 0.15) is 5.78 Å². The van der Waals surface area contributed by atoms with Crippen molar-refractivity contribution in [1.82, 2.24) is 4.90 Å². The number of hydrogen-bond donors (Lipinski definition) is 0. The first kappa shape index (κ1) is 13.7. The molecule has 0 aromatic rings. The third-order valence-electron chi connectivity index (χ3n) is 3.72. The maximum atomic E-state index is 11.4. The largest absolute Gasteiger partial charge is 0.300 e. The lowest BCUT2D eigenvalue weighted by atomic mass is 9.95. The lowest BCUT2D eigenvalue weighted by Gasteiger charge is -2.39. The molecule has 0 bridgehead atoms. The topological polar surface area (TPSA) is 20.3 Å². The molecule has 0 aromatic carbocycles. The summed E-state index contributed by atoms with van der Waals surface area (Å²) in [5.74, 6) is 0.453. The van der Waals surface area contributed by atoms with Crippen molar-refractivity contribution < 1.29 is 4.79 Å². The summed E-state index contributed by atoms with van der Waals surface area (Å²) in [6.45, 7) is 7.73. The predicted octanol–water partition coefficient (Wildman–Crippen LogP) is 3.40. The standard InChI is InChI=1S/C14H27NO/c1-4-6-8-13(7-5-2)15-10-9-14(16)11-12(15)3/h12-13H,4-11H2,1-3H3. The van der Waals surface area contributed by atoms with Crippen LogP contribution in [0.4, 0.5) is 0 Å². The Morgan fingerprint density at radius 2 is 2.06 bits per heavy atom. The van der Waals surface area contributed by atoms with Crippen LogP contribution in [0.2, 0.25) is 0 Å². The summed E-state index contributed by atoms with van der Waals surface area (Å²) in [5, 5.41) is 0. The SMILES string of the molecule is CCCCC(CCC)N1CCC(=O)CC1C. The van der Waals surface area contributed by atoms with Gasteiger partial charge in [0.15, 0.2) is 0 Å². The first-order valence-corrected chi connectivity index (χ1v) is 6.96. The molecule has 1 heterocycles. The van der Waals surface area contributed by atoms with E-state index >= 15 is 0 Å². The Kier molecular flexibility index (Phi) is 6.04. The highest BCUT2D eigenvalue weighted by atomic mass is 16.1. The number of Topliss-reactive ketones (excluding diaryl/α,β-unsaturated/α-hetero) is 1. The number of rotatable bonds is 6. The molecule has 1 aliphatic heterocycles. The minimum atomic E-state index is 0.453. The van der Waals surface area contributed by atoms with E-state index in [1.54, 1.807) is 0 Å². The Morgan fingerprint density at radius 1 is 1.31 bits per heavy atom. The van der Waals surface area contributed by atoms with Crippen LogP contribution in [0.25, 0.3) is 0 Å². The van der Waals surface area contributed by atoms with Gasteiger partial charge in [0, 0.05) is 31.5 Å². The van der Waals surface area contributed by atoms with E-state index in [0.29, 0.717) is 17.9 Å². The van der Waals surface area contributed by atoms with E-state index < -0.39 is 0 Å². The summed E-state index contributed by atoms with van der Waals surface area (Å²) in [4.78, 5) is 14.0. The highest BCUT2D eigenvalue weighted by Crippen LogP contribution is 2.22. The number of carbonyl (C=O) groups excluding carboxylic acids is 1. The molecule has 1 rings (SSSR count). The monoisotopic (exact) mass is 225 g/mol. The maximum absolute atomic E-state index is 11.4. The van der Waals surface area contributed by atoms with Crippen LogP contribution in [0.1, 0.15) is 65.7 Å². The summed E-state index contributed by atoms with van der Waals surface area (Å²) in [5.41, 5.74) is 0. The second-order valence-electron chi connectivity index (χ2n) is 5.16. The molecule has 2 atom stereocenters. The predicted molar refractivity (Wildman–Crippen MR) is 68.6 cm³/mol. The van der Waals surface area contributed by atoms with Gasteiger partial charge >= 0.3 is 0 Å². The van der Waals surface area contributed by atoms with Crippen molar-refractivity contribution in [2.75, 3.05) is 6.54 Å². The molecule has 94 valence electrons. The highest BCUT2D eigenvalue weighted by molar-refractivity contribution is 5.79. The van der Waals surface area contributed by atoms with E-state index in [0.717, 1.165) is 19.4 Å². The molecule has 2 heteroatoms. The quantitative estimate of drug-likeness (QED) is 0.690. The first-order chi connectivity index (χ1) is 7.69. The van der Waals surface area contributed by atoms with Crippen molar-refractivity contribution in [2.45, 2.75) is 77.8 Å². The van der Waals surface area contributed by atoms with E-state index in [1.807, 2.05) is 0 Å². The van der Waals surface area contributed by atoms with Crippen LogP contribution in [-0.2, 0) is 4.79 Å². The van der Waals surface area contributed by atoms with E-state index in [9.17, 15) is 4.79 Å². The van der Waals surface area contributed by atoms with Crippen molar-refractivity contribution in [3.05, 3.63) is 0 Å². The molecule has 1 fully saturated rings. The highest BCUT2D eigenvalue weighted by Gasteiger charge is 2.28. The first-order valence-electron chi connectivity index (χ1n) is 6.96. The third-order valence-corrected chi connectivity index (χ3v) is 3.72. The third kappa shape index (κ3) is 3.89. The average Bonchev–Trinajstić information content (AvgIpc) is 2.25. The molecule has 0 aliphatic carbocycles. The molecule has 2 nitrogen and oxygen atoms in total. The maximum Gasteiger partial charge on any atom is 0.135 e. The summed E-state index contributed by atoms with van der Waals surface area (Å²) in [6.07, 6.45) is 8.00. The number of hydrogen-bond acceptors (Lipinski definition) is 2. The molecular formula is C14H27NO. The fraction of sp³-hybridized carbons (Fsp3) is 0.929. The van der Waals surface area contributed by atoms with Gasteiger partial charge in [0.2, 0.25) is 0 Å². The van der Waals surface area contributed by atoms with Crippen LogP contribution in [0, 0.1) is 0 Å². The molecule has 0 aromatic heterocycles. The Morgan fingerprint density at radius 3 is 2.62 bits per heavy atom. The lowest BCUT2D eigenvalue weighted by molar-refractivity contribution is -0.123. The average molecular weight is 225 g/mol. The van der Waals surface area contributed by atoms with Gasteiger partial charge < -0.3 is 0 Å². The van der Waals surface area contributed by atoms with E-state index in [-0.39, 0.29) is 0 Å². The smallest absolute Gasteiger partial charge is 0.135 e. The normalized spacial score (nSPS) is 24.7. The van der Waals surface area contributed by atoms with Crippen LogP contribution < -0.4 is 0 Å². The second kappa shape index (κ2) is 7.05. The minimum absolute atomic E-state index is 0.453. The summed E-state index contributed by atoms with van der Waals surface area (Å²) in [7, 11) is 0. The van der Waals surface area contributed by atoms with Gasteiger partial charge in [-0.1, -0.05) is 33.1 Å². The van der Waals surface area contributed by atoms with Crippen molar-refractivity contribution in [1.29, 1.82) is 0 Å². The molecular weight excluding hydrogens is 198 g/mol. The number of piperidine rings is 1. The Bertz CT molecular complexity index is 215. The molecule has 1 saturated heterocycles. The van der Waals surface area contributed by atoms with Crippen molar-refractivity contribution in [3.8, 4) is 0 Å². The van der Waals surface area contributed by atoms with Crippen molar-refractivity contribution in [3.63, 3.8) is 0 Å². The lowest BCUT2D eigenvalue weighted by Crippen LogP contribution is -2.47. The second-order valence-corrected chi connectivity index (χ2v) is 5.16. The van der Waals surface area contributed by atoms with Crippen molar-refractivity contribution >= 4 is 5.78 Å². The molecule has 0 spiro atoms. The molecule has 2 unspecified atom stereocenters. The van der Waals surface area contributed by atoms with Gasteiger partial charge in [-0.15, -0.1) is 0 Å².